The third-order valence-electron chi connectivity index (χ3n) is 3.29. The van der Waals surface area contributed by atoms with Gasteiger partial charge in [-0.1, -0.05) is 6.42 Å². The van der Waals surface area contributed by atoms with Crippen LogP contribution in [0.15, 0.2) is 0 Å². The summed E-state index contributed by atoms with van der Waals surface area (Å²) in [5.74, 6) is 1.10. The molecule has 20 heavy (non-hydrogen) atoms. The molecule has 1 aromatic rings. The minimum Gasteiger partial charge on any atom is -0.467 e. The minimum absolute atomic E-state index is 0.330. The zero-order valence-corrected chi connectivity index (χ0v) is 12.4. The Morgan fingerprint density at radius 2 is 1.75 bits per heavy atom. The highest BCUT2D eigenvalue weighted by Crippen LogP contribution is 2.11. The highest BCUT2D eigenvalue weighted by molar-refractivity contribution is 5.35. The van der Waals surface area contributed by atoms with Crippen molar-refractivity contribution in [2.45, 2.75) is 26.2 Å². The Labute approximate surface area is 120 Å². The van der Waals surface area contributed by atoms with E-state index in [4.69, 9.17) is 4.74 Å². The van der Waals surface area contributed by atoms with Crippen LogP contribution in [0.5, 0.6) is 6.01 Å². The van der Waals surface area contributed by atoms with Gasteiger partial charge in [-0.3, -0.25) is 0 Å². The molecule has 1 aliphatic heterocycles. The second-order valence-corrected chi connectivity index (χ2v) is 4.83. The molecule has 0 radical (unpaired) electrons. The number of rotatable bonds is 7. The first kappa shape index (κ1) is 14.8. The lowest BCUT2D eigenvalue weighted by Crippen LogP contribution is -2.33. The summed E-state index contributed by atoms with van der Waals surface area (Å²) in [5, 5.41) is 6.31. The molecule has 112 valence electrons. The average molecular weight is 280 g/mol. The Hall–Kier alpha value is -1.63. The van der Waals surface area contributed by atoms with Crippen LogP contribution in [-0.4, -0.2) is 59.7 Å². The van der Waals surface area contributed by atoms with Gasteiger partial charge in [0.25, 0.3) is 0 Å². The van der Waals surface area contributed by atoms with Gasteiger partial charge in [-0.2, -0.15) is 15.0 Å². The van der Waals surface area contributed by atoms with E-state index in [2.05, 4.69) is 30.5 Å². The minimum atomic E-state index is 0.330. The van der Waals surface area contributed by atoms with E-state index in [0.29, 0.717) is 17.9 Å². The van der Waals surface area contributed by atoms with Gasteiger partial charge in [0.1, 0.15) is 0 Å². The summed E-state index contributed by atoms with van der Waals surface area (Å²) in [5.41, 5.74) is 0. The molecule has 0 amide bonds. The van der Waals surface area contributed by atoms with E-state index in [1.807, 2.05) is 6.92 Å². The van der Waals surface area contributed by atoms with Crippen LogP contribution in [0.3, 0.4) is 0 Å². The molecule has 2 heterocycles. The van der Waals surface area contributed by atoms with Crippen LogP contribution < -0.4 is 15.4 Å². The van der Waals surface area contributed by atoms with Gasteiger partial charge in [0, 0.05) is 19.6 Å². The Balaban J connectivity index is 1.85. The predicted molar refractivity (Wildman–Crippen MR) is 79.3 cm³/mol. The number of hydrogen-bond donors (Lipinski definition) is 2. The topological polar surface area (TPSA) is 75.2 Å². The normalized spacial score (nSPS) is 15.9. The molecule has 0 spiro atoms. The zero-order chi connectivity index (χ0) is 14.2. The number of anilines is 2. The fraction of sp³-hybridized carbons (Fsp3) is 0.769. The summed E-state index contributed by atoms with van der Waals surface area (Å²) in [7, 11) is 1.56. The molecule has 0 unspecified atom stereocenters. The van der Waals surface area contributed by atoms with Crippen LogP contribution >= 0.6 is 0 Å². The van der Waals surface area contributed by atoms with Gasteiger partial charge < -0.3 is 20.3 Å². The van der Waals surface area contributed by atoms with Gasteiger partial charge in [0.15, 0.2) is 0 Å². The van der Waals surface area contributed by atoms with Gasteiger partial charge in [0.2, 0.25) is 11.9 Å². The van der Waals surface area contributed by atoms with E-state index >= 15 is 0 Å². The SMILES string of the molecule is CCNc1nc(NCCN2CCCCC2)nc(OC)n1. The smallest absolute Gasteiger partial charge is 0.322 e. The maximum atomic E-state index is 5.09. The number of methoxy groups -OCH3 is 1. The van der Waals surface area contributed by atoms with Crippen molar-refractivity contribution >= 4 is 11.9 Å². The second-order valence-electron chi connectivity index (χ2n) is 4.83. The molecule has 7 nitrogen and oxygen atoms in total. The molecule has 2 rings (SSSR count). The van der Waals surface area contributed by atoms with Crippen LogP contribution in [0.1, 0.15) is 26.2 Å². The lowest BCUT2D eigenvalue weighted by atomic mass is 10.1. The molecule has 7 heteroatoms. The maximum Gasteiger partial charge on any atom is 0.322 e. The van der Waals surface area contributed by atoms with E-state index in [0.717, 1.165) is 19.6 Å². The number of hydrogen-bond acceptors (Lipinski definition) is 7. The standard InChI is InChI=1S/C13H24N6O/c1-3-14-11-16-12(18-13(17-11)20-2)15-7-10-19-8-5-4-6-9-19/h3-10H2,1-2H3,(H2,14,15,16,17,18). The largest absolute Gasteiger partial charge is 0.467 e. The maximum absolute atomic E-state index is 5.09. The Morgan fingerprint density at radius 3 is 2.40 bits per heavy atom. The Morgan fingerprint density at radius 1 is 1.05 bits per heavy atom. The van der Waals surface area contributed by atoms with E-state index in [-0.39, 0.29) is 0 Å². The van der Waals surface area contributed by atoms with Crippen LogP contribution in [0, 0.1) is 0 Å². The van der Waals surface area contributed by atoms with Gasteiger partial charge in [-0.15, -0.1) is 0 Å². The molecule has 1 aromatic heterocycles. The van der Waals surface area contributed by atoms with E-state index < -0.39 is 0 Å². The first-order valence-corrected chi connectivity index (χ1v) is 7.32. The molecule has 1 saturated heterocycles. The van der Waals surface area contributed by atoms with Crippen LogP contribution in [0.2, 0.25) is 0 Å². The number of aromatic nitrogens is 3. The number of piperidine rings is 1. The molecule has 0 atom stereocenters. The summed E-state index contributed by atoms with van der Waals surface area (Å²) in [6, 6.07) is 0.330. The van der Waals surface area contributed by atoms with Crippen molar-refractivity contribution < 1.29 is 4.74 Å². The van der Waals surface area contributed by atoms with E-state index in [1.54, 1.807) is 7.11 Å². The van der Waals surface area contributed by atoms with Crippen molar-refractivity contribution in [1.29, 1.82) is 0 Å². The highest BCUT2D eigenvalue weighted by atomic mass is 16.5. The number of ether oxygens (including phenoxy) is 1. The molecular weight excluding hydrogens is 256 g/mol. The monoisotopic (exact) mass is 280 g/mol. The summed E-state index contributed by atoms with van der Waals surface area (Å²) in [4.78, 5) is 15.1. The van der Waals surface area contributed by atoms with E-state index in [9.17, 15) is 0 Å². The van der Waals surface area contributed by atoms with Crippen molar-refractivity contribution in [2.75, 3.05) is 50.5 Å². The number of nitrogens with zero attached hydrogens (tertiary/aromatic N) is 4. The first-order valence-electron chi connectivity index (χ1n) is 7.32. The van der Waals surface area contributed by atoms with E-state index in [1.165, 1.54) is 32.4 Å². The van der Waals surface area contributed by atoms with Gasteiger partial charge in [-0.05, 0) is 32.9 Å². The molecule has 0 saturated carbocycles. The summed E-state index contributed by atoms with van der Waals surface area (Å²) in [6.45, 7) is 7.01. The number of likely N-dealkylation sites (tertiary alicyclic amines) is 1. The van der Waals surface area contributed by atoms with Crippen LogP contribution in [-0.2, 0) is 0 Å². The van der Waals surface area contributed by atoms with Gasteiger partial charge >= 0.3 is 6.01 Å². The Kier molecular flexibility index (Phi) is 5.79. The lowest BCUT2D eigenvalue weighted by molar-refractivity contribution is 0.237. The Bertz CT molecular complexity index is 408. The van der Waals surface area contributed by atoms with Gasteiger partial charge in [0.05, 0.1) is 7.11 Å². The molecule has 0 bridgehead atoms. The second kappa shape index (κ2) is 7.84. The van der Waals surface area contributed by atoms with Gasteiger partial charge in [-0.25, -0.2) is 0 Å². The fourth-order valence-corrected chi connectivity index (χ4v) is 2.27. The predicted octanol–water partition coefficient (Wildman–Crippen LogP) is 1.21. The third-order valence-corrected chi connectivity index (χ3v) is 3.29. The van der Waals surface area contributed by atoms with Crippen molar-refractivity contribution in [3.8, 4) is 6.01 Å². The molecule has 0 aliphatic carbocycles. The molecular formula is C13H24N6O. The summed E-state index contributed by atoms with van der Waals surface area (Å²) < 4.78 is 5.09. The summed E-state index contributed by atoms with van der Waals surface area (Å²) >= 11 is 0. The average Bonchev–Trinajstić information content (AvgIpc) is 2.48. The fourth-order valence-electron chi connectivity index (χ4n) is 2.27. The lowest BCUT2D eigenvalue weighted by Gasteiger charge is -2.26. The zero-order valence-electron chi connectivity index (χ0n) is 12.4. The molecule has 0 aromatic carbocycles. The third kappa shape index (κ3) is 4.48. The summed E-state index contributed by atoms with van der Waals surface area (Å²) in [6.07, 6.45) is 3.98. The highest BCUT2D eigenvalue weighted by Gasteiger charge is 2.10. The first-order chi connectivity index (χ1) is 9.81. The van der Waals surface area contributed by atoms with Crippen LogP contribution in [0.25, 0.3) is 0 Å². The number of nitrogens with one attached hydrogen (secondary N) is 2. The molecule has 1 fully saturated rings. The quantitative estimate of drug-likeness (QED) is 0.777. The van der Waals surface area contributed by atoms with Crippen molar-refractivity contribution in [2.24, 2.45) is 0 Å². The van der Waals surface area contributed by atoms with Crippen LogP contribution in [0.4, 0.5) is 11.9 Å². The molecule has 1 aliphatic rings. The van der Waals surface area contributed by atoms with Crippen molar-refractivity contribution in [3.63, 3.8) is 0 Å². The van der Waals surface area contributed by atoms with Crippen molar-refractivity contribution in [3.05, 3.63) is 0 Å². The van der Waals surface area contributed by atoms with Crippen molar-refractivity contribution in [1.82, 2.24) is 19.9 Å². The molecule has 2 N–H and O–H groups in total.